The van der Waals surface area contributed by atoms with Crippen LogP contribution in [0.2, 0.25) is 0 Å². The van der Waals surface area contributed by atoms with Crippen LogP contribution in [0.3, 0.4) is 0 Å². The molecular formula is C11H19N3O. The van der Waals surface area contributed by atoms with Crippen LogP contribution in [-0.2, 0) is 4.79 Å². The van der Waals surface area contributed by atoms with Crippen LogP contribution in [0.5, 0.6) is 0 Å². The summed E-state index contributed by atoms with van der Waals surface area (Å²) in [5.74, 6) is -0.00440. The molecular weight excluding hydrogens is 190 g/mol. The number of amides is 1. The smallest absolute Gasteiger partial charge is 0.227 e. The van der Waals surface area contributed by atoms with Crippen molar-refractivity contribution in [1.82, 2.24) is 5.32 Å². The molecule has 15 heavy (non-hydrogen) atoms. The number of nitrogens with zero attached hydrogens (tertiary/aromatic N) is 1. The van der Waals surface area contributed by atoms with Crippen LogP contribution >= 0.6 is 0 Å². The minimum Gasteiger partial charge on any atom is -0.352 e. The Labute approximate surface area is 90.8 Å². The Bertz CT molecular complexity index is 284. The molecule has 1 saturated carbocycles. The van der Waals surface area contributed by atoms with Crippen molar-refractivity contribution in [3.8, 4) is 6.07 Å². The lowest BCUT2D eigenvalue weighted by atomic mass is 9.84. The number of nitriles is 1. The molecule has 0 aromatic heterocycles. The minimum absolute atomic E-state index is 0.00440. The van der Waals surface area contributed by atoms with Crippen LogP contribution in [0.25, 0.3) is 0 Å². The van der Waals surface area contributed by atoms with E-state index in [1.807, 2.05) is 19.9 Å². The molecule has 0 saturated heterocycles. The van der Waals surface area contributed by atoms with E-state index in [9.17, 15) is 4.79 Å². The summed E-state index contributed by atoms with van der Waals surface area (Å²) in [6, 6.07) is 1.90. The summed E-state index contributed by atoms with van der Waals surface area (Å²) < 4.78 is 0. The normalized spacial score (nSPS) is 32.0. The molecule has 1 aliphatic carbocycles. The van der Waals surface area contributed by atoms with Crippen LogP contribution in [0.1, 0.15) is 39.5 Å². The Balaban J connectivity index is 2.57. The van der Waals surface area contributed by atoms with Gasteiger partial charge >= 0.3 is 0 Å². The Hall–Kier alpha value is -1.08. The maximum Gasteiger partial charge on any atom is 0.227 e. The number of nitrogens with one attached hydrogen (secondary N) is 1. The number of carbonyl (C=O) groups excluding carboxylic acids is 1. The summed E-state index contributed by atoms with van der Waals surface area (Å²) in [4.78, 5) is 12.0. The first kappa shape index (κ1) is 12.0. The Morgan fingerprint density at radius 2 is 2.47 bits per heavy atom. The van der Waals surface area contributed by atoms with Gasteiger partial charge in [-0.3, -0.25) is 4.79 Å². The summed E-state index contributed by atoms with van der Waals surface area (Å²) in [7, 11) is 0. The Morgan fingerprint density at radius 3 is 2.93 bits per heavy atom. The van der Waals surface area contributed by atoms with Gasteiger partial charge in [-0.25, -0.2) is 0 Å². The van der Waals surface area contributed by atoms with E-state index in [1.165, 1.54) is 0 Å². The van der Waals surface area contributed by atoms with E-state index >= 15 is 0 Å². The lowest BCUT2D eigenvalue weighted by Crippen LogP contribution is -2.49. The molecule has 4 nitrogen and oxygen atoms in total. The molecule has 0 spiro atoms. The first-order valence-corrected chi connectivity index (χ1v) is 5.44. The van der Waals surface area contributed by atoms with Gasteiger partial charge in [-0.15, -0.1) is 0 Å². The third-order valence-corrected chi connectivity index (χ3v) is 3.32. The average molecular weight is 209 g/mol. The van der Waals surface area contributed by atoms with E-state index in [4.69, 9.17) is 11.0 Å². The molecule has 1 rings (SSSR count). The fourth-order valence-corrected chi connectivity index (χ4v) is 2.05. The molecule has 0 radical (unpaired) electrons. The molecule has 0 heterocycles. The highest BCUT2D eigenvalue weighted by Crippen LogP contribution is 2.36. The van der Waals surface area contributed by atoms with Crippen LogP contribution in [0.4, 0.5) is 0 Å². The van der Waals surface area contributed by atoms with Crippen molar-refractivity contribution >= 4 is 5.91 Å². The van der Waals surface area contributed by atoms with Crippen molar-refractivity contribution in [1.29, 1.82) is 5.26 Å². The van der Waals surface area contributed by atoms with Gasteiger partial charge < -0.3 is 11.1 Å². The summed E-state index contributed by atoms with van der Waals surface area (Å²) in [5.41, 5.74) is 5.50. The van der Waals surface area contributed by atoms with Gasteiger partial charge in [-0.1, -0.05) is 6.42 Å². The third kappa shape index (κ3) is 2.48. The molecule has 0 aromatic rings. The van der Waals surface area contributed by atoms with E-state index < -0.39 is 5.41 Å². The Morgan fingerprint density at radius 1 is 1.80 bits per heavy atom. The van der Waals surface area contributed by atoms with Crippen LogP contribution < -0.4 is 11.1 Å². The fraction of sp³-hybridized carbons (Fsp3) is 0.818. The standard InChI is InChI=1S/C11H19N3O/c1-8(5-7-12)14-10(15)11(2)6-3-4-9(11)13/h8-9H,3-6,13H2,1-2H3,(H,14,15). The van der Waals surface area contributed by atoms with E-state index in [0.29, 0.717) is 6.42 Å². The molecule has 84 valence electrons. The molecule has 1 amide bonds. The number of hydrogen-bond acceptors (Lipinski definition) is 3. The molecule has 0 aliphatic heterocycles. The molecule has 1 fully saturated rings. The fourth-order valence-electron chi connectivity index (χ4n) is 2.05. The van der Waals surface area contributed by atoms with Crippen molar-refractivity contribution in [3.63, 3.8) is 0 Å². The summed E-state index contributed by atoms with van der Waals surface area (Å²) in [6.45, 7) is 3.75. The van der Waals surface area contributed by atoms with Gasteiger partial charge in [0.25, 0.3) is 0 Å². The van der Waals surface area contributed by atoms with Crippen molar-refractivity contribution < 1.29 is 4.79 Å². The lowest BCUT2D eigenvalue weighted by Gasteiger charge is -2.28. The average Bonchev–Trinajstić information content (AvgIpc) is 2.48. The quantitative estimate of drug-likeness (QED) is 0.725. The van der Waals surface area contributed by atoms with Gasteiger partial charge in [-0.05, 0) is 26.7 Å². The van der Waals surface area contributed by atoms with E-state index in [-0.39, 0.29) is 18.0 Å². The van der Waals surface area contributed by atoms with Gasteiger partial charge in [-0.2, -0.15) is 5.26 Å². The highest BCUT2D eigenvalue weighted by Gasteiger charge is 2.43. The predicted octanol–water partition coefficient (Wildman–Crippen LogP) is 0.922. The molecule has 1 aliphatic rings. The highest BCUT2D eigenvalue weighted by atomic mass is 16.2. The summed E-state index contributed by atoms with van der Waals surface area (Å²) in [6.07, 6.45) is 3.12. The van der Waals surface area contributed by atoms with Gasteiger partial charge in [0.1, 0.15) is 0 Å². The number of rotatable bonds is 3. The molecule has 3 atom stereocenters. The van der Waals surface area contributed by atoms with Crippen LogP contribution in [0.15, 0.2) is 0 Å². The van der Waals surface area contributed by atoms with Gasteiger partial charge in [0.15, 0.2) is 0 Å². The molecule has 0 bridgehead atoms. The lowest BCUT2D eigenvalue weighted by molar-refractivity contribution is -0.131. The van der Waals surface area contributed by atoms with Crippen molar-refractivity contribution in [2.24, 2.45) is 11.1 Å². The minimum atomic E-state index is -0.441. The maximum atomic E-state index is 12.0. The zero-order valence-electron chi connectivity index (χ0n) is 9.42. The first-order valence-electron chi connectivity index (χ1n) is 5.44. The van der Waals surface area contributed by atoms with Gasteiger partial charge in [0.05, 0.1) is 17.9 Å². The second kappa shape index (κ2) is 4.63. The second-order valence-corrected chi connectivity index (χ2v) is 4.65. The van der Waals surface area contributed by atoms with E-state index in [0.717, 1.165) is 19.3 Å². The number of hydrogen-bond donors (Lipinski definition) is 2. The SMILES string of the molecule is CC(CC#N)NC(=O)C1(C)CCCC1N. The molecule has 0 aromatic carbocycles. The Kier molecular flexibility index (Phi) is 3.70. The van der Waals surface area contributed by atoms with Gasteiger partial charge in [0, 0.05) is 12.1 Å². The molecule has 4 heteroatoms. The highest BCUT2D eigenvalue weighted by molar-refractivity contribution is 5.83. The summed E-state index contributed by atoms with van der Waals surface area (Å²) >= 11 is 0. The predicted molar refractivity (Wildman–Crippen MR) is 57.8 cm³/mol. The largest absolute Gasteiger partial charge is 0.352 e. The number of carbonyl (C=O) groups is 1. The van der Waals surface area contributed by atoms with E-state index in [2.05, 4.69) is 5.32 Å². The molecule has 3 N–H and O–H groups in total. The zero-order valence-corrected chi connectivity index (χ0v) is 9.42. The molecule has 3 unspecified atom stereocenters. The topological polar surface area (TPSA) is 78.9 Å². The van der Waals surface area contributed by atoms with Crippen LogP contribution in [0, 0.1) is 16.7 Å². The van der Waals surface area contributed by atoms with Crippen molar-refractivity contribution in [3.05, 3.63) is 0 Å². The van der Waals surface area contributed by atoms with Crippen molar-refractivity contribution in [2.45, 2.75) is 51.6 Å². The third-order valence-electron chi connectivity index (χ3n) is 3.32. The first-order chi connectivity index (χ1) is 7.00. The van der Waals surface area contributed by atoms with Crippen molar-refractivity contribution in [2.75, 3.05) is 0 Å². The van der Waals surface area contributed by atoms with Crippen LogP contribution in [-0.4, -0.2) is 18.0 Å². The number of nitrogens with two attached hydrogens (primary N) is 1. The summed E-state index contributed by atoms with van der Waals surface area (Å²) in [5, 5.41) is 11.4. The zero-order chi connectivity index (χ0) is 11.5. The monoisotopic (exact) mass is 209 g/mol. The van der Waals surface area contributed by atoms with E-state index in [1.54, 1.807) is 0 Å². The van der Waals surface area contributed by atoms with Gasteiger partial charge in [0.2, 0.25) is 5.91 Å². The maximum absolute atomic E-state index is 12.0. The second-order valence-electron chi connectivity index (χ2n) is 4.65.